The highest BCUT2D eigenvalue weighted by Gasteiger charge is 2.18. The van der Waals surface area contributed by atoms with E-state index in [0.717, 1.165) is 49.4 Å². The van der Waals surface area contributed by atoms with Crippen LogP contribution in [0.1, 0.15) is 23.1 Å². The molecule has 0 fully saturated rings. The lowest BCUT2D eigenvalue weighted by Crippen LogP contribution is -2.16. The van der Waals surface area contributed by atoms with Gasteiger partial charge in [0.05, 0.1) is 27.9 Å². The molecule has 1 aliphatic rings. The average molecular weight is 478 g/mol. The fourth-order valence-corrected chi connectivity index (χ4v) is 4.64. The number of carbonyl (C=O) groups excluding carboxylic acids is 1. The summed E-state index contributed by atoms with van der Waals surface area (Å²) in [7, 11) is 0. The monoisotopic (exact) mass is 477 g/mol. The summed E-state index contributed by atoms with van der Waals surface area (Å²) in [6.07, 6.45) is 2.47. The summed E-state index contributed by atoms with van der Waals surface area (Å²) in [6, 6.07) is 18.1. The molecule has 0 atom stereocenters. The minimum absolute atomic E-state index is 0.0919. The first-order chi connectivity index (χ1) is 15.9. The number of halogens is 1. The maximum Gasteiger partial charge on any atom is 0.234 e. The lowest BCUT2D eigenvalue weighted by molar-refractivity contribution is -0.113. The van der Waals surface area contributed by atoms with Crippen LogP contribution in [0.15, 0.2) is 75.5 Å². The molecule has 1 amide bonds. The molecular formula is C26H24FN3OS2. The van der Waals surface area contributed by atoms with Crippen molar-refractivity contribution in [3.05, 3.63) is 83.2 Å². The molecule has 3 aromatic carbocycles. The summed E-state index contributed by atoms with van der Waals surface area (Å²) >= 11 is 3.03. The van der Waals surface area contributed by atoms with Gasteiger partial charge in [-0.1, -0.05) is 18.2 Å². The number of fused-ring (bicyclic) bond motifs is 1. The zero-order valence-corrected chi connectivity index (χ0v) is 20.3. The van der Waals surface area contributed by atoms with E-state index in [1.54, 1.807) is 23.9 Å². The molecule has 0 saturated carbocycles. The van der Waals surface area contributed by atoms with E-state index >= 15 is 0 Å². The Morgan fingerprint density at radius 1 is 1.00 bits per heavy atom. The highest BCUT2D eigenvalue weighted by atomic mass is 32.2. The molecular weight excluding hydrogens is 453 g/mol. The van der Waals surface area contributed by atoms with Gasteiger partial charge in [-0.2, -0.15) is 0 Å². The van der Waals surface area contributed by atoms with Crippen LogP contribution in [0.2, 0.25) is 0 Å². The second-order valence-electron chi connectivity index (χ2n) is 7.74. The molecule has 4 rings (SSSR count). The third-order valence-corrected chi connectivity index (χ3v) is 7.01. The van der Waals surface area contributed by atoms with Crippen LogP contribution in [0.25, 0.3) is 0 Å². The van der Waals surface area contributed by atoms with Gasteiger partial charge >= 0.3 is 0 Å². The van der Waals surface area contributed by atoms with Crippen molar-refractivity contribution in [1.82, 2.24) is 0 Å². The van der Waals surface area contributed by atoms with Crippen LogP contribution in [0.3, 0.4) is 0 Å². The van der Waals surface area contributed by atoms with E-state index in [2.05, 4.69) is 5.32 Å². The van der Waals surface area contributed by atoms with Crippen molar-refractivity contribution >= 4 is 57.2 Å². The van der Waals surface area contributed by atoms with Gasteiger partial charge in [-0.25, -0.2) is 9.38 Å². The number of amides is 1. The fourth-order valence-electron chi connectivity index (χ4n) is 3.41. The van der Waals surface area contributed by atoms with E-state index in [1.807, 2.05) is 56.5 Å². The standard InChI is InChI=1S/C26H24FN3OS2/c1-16-11-23-24(12-17(16)2)30-26(14-22(29-23)18-7-9-19(27)10-8-18)33-15-25(31)28-20-5-4-6-21(13-20)32-3/h4-13H,14-15H2,1-3H3,(H,28,31). The second-order valence-corrected chi connectivity index (χ2v) is 9.67. The Morgan fingerprint density at radius 2 is 1.70 bits per heavy atom. The van der Waals surface area contributed by atoms with Gasteiger partial charge in [-0.3, -0.25) is 9.79 Å². The molecule has 0 saturated heterocycles. The number of anilines is 1. The van der Waals surface area contributed by atoms with E-state index in [-0.39, 0.29) is 17.5 Å². The minimum atomic E-state index is -0.287. The molecule has 0 bridgehead atoms. The summed E-state index contributed by atoms with van der Waals surface area (Å²) in [5, 5.41) is 3.76. The number of thioether (sulfide) groups is 2. The minimum Gasteiger partial charge on any atom is -0.325 e. The first-order valence-electron chi connectivity index (χ1n) is 10.5. The van der Waals surface area contributed by atoms with E-state index in [4.69, 9.17) is 9.98 Å². The summed E-state index contributed by atoms with van der Waals surface area (Å²) in [6.45, 7) is 4.09. The van der Waals surface area contributed by atoms with Crippen molar-refractivity contribution in [3.8, 4) is 0 Å². The number of hydrogen-bond donors (Lipinski definition) is 1. The predicted octanol–water partition coefficient (Wildman–Crippen LogP) is 7.09. The Hall–Kier alpha value is -2.90. The molecule has 1 aliphatic heterocycles. The highest BCUT2D eigenvalue weighted by Crippen LogP contribution is 2.36. The van der Waals surface area contributed by atoms with E-state index in [0.29, 0.717) is 6.42 Å². The van der Waals surface area contributed by atoms with Crippen molar-refractivity contribution in [2.24, 2.45) is 9.98 Å². The summed E-state index contributed by atoms with van der Waals surface area (Å²) in [5.74, 6) is -0.143. The highest BCUT2D eigenvalue weighted by molar-refractivity contribution is 8.14. The fraction of sp³-hybridized carbons (Fsp3) is 0.192. The van der Waals surface area contributed by atoms with Crippen molar-refractivity contribution < 1.29 is 9.18 Å². The number of aliphatic imine (C=N–C) groups is 2. The van der Waals surface area contributed by atoms with Crippen LogP contribution in [0.4, 0.5) is 21.5 Å². The lowest BCUT2D eigenvalue weighted by Gasteiger charge is -2.09. The molecule has 0 spiro atoms. The molecule has 1 N–H and O–H groups in total. The molecule has 0 unspecified atom stereocenters. The molecule has 7 heteroatoms. The number of aryl methyl sites for hydroxylation is 2. The molecule has 168 valence electrons. The van der Waals surface area contributed by atoms with Crippen LogP contribution in [0.5, 0.6) is 0 Å². The number of nitrogens with one attached hydrogen (secondary N) is 1. The van der Waals surface area contributed by atoms with Gasteiger partial charge in [0.25, 0.3) is 0 Å². The Morgan fingerprint density at radius 3 is 2.39 bits per heavy atom. The topological polar surface area (TPSA) is 53.8 Å². The van der Waals surface area contributed by atoms with Crippen LogP contribution in [-0.2, 0) is 4.79 Å². The summed E-state index contributed by atoms with van der Waals surface area (Å²) in [4.78, 5) is 23.4. The van der Waals surface area contributed by atoms with Crippen molar-refractivity contribution in [2.75, 3.05) is 17.3 Å². The Balaban J connectivity index is 1.56. The first kappa shape index (κ1) is 23.3. The number of benzene rings is 3. The largest absolute Gasteiger partial charge is 0.325 e. The number of hydrogen-bond acceptors (Lipinski definition) is 5. The summed E-state index contributed by atoms with van der Waals surface area (Å²) < 4.78 is 13.5. The predicted molar refractivity (Wildman–Crippen MR) is 140 cm³/mol. The molecule has 3 aromatic rings. The van der Waals surface area contributed by atoms with Crippen LogP contribution in [0, 0.1) is 19.7 Å². The third kappa shape index (κ3) is 5.92. The zero-order valence-electron chi connectivity index (χ0n) is 18.7. The van der Waals surface area contributed by atoms with E-state index in [9.17, 15) is 9.18 Å². The zero-order chi connectivity index (χ0) is 23.4. The van der Waals surface area contributed by atoms with Gasteiger partial charge in [-0.05, 0) is 79.3 Å². The van der Waals surface area contributed by atoms with Gasteiger partial charge in [0.2, 0.25) is 5.91 Å². The van der Waals surface area contributed by atoms with Gasteiger partial charge < -0.3 is 5.32 Å². The van der Waals surface area contributed by atoms with Crippen LogP contribution in [-0.4, -0.2) is 28.7 Å². The normalized spacial score (nSPS) is 13.0. The Kier molecular flexibility index (Phi) is 7.30. The van der Waals surface area contributed by atoms with Crippen LogP contribution < -0.4 is 5.32 Å². The van der Waals surface area contributed by atoms with Gasteiger partial charge in [0, 0.05) is 17.0 Å². The summed E-state index contributed by atoms with van der Waals surface area (Å²) in [5.41, 5.74) is 6.26. The maximum absolute atomic E-state index is 13.5. The SMILES string of the molecule is CSc1cccc(NC(=O)CSC2=Nc3cc(C)c(C)cc3N=C(c3ccc(F)cc3)C2)c1. The molecule has 0 aliphatic carbocycles. The first-order valence-corrected chi connectivity index (χ1v) is 12.7. The van der Waals surface area contributed by atoms with E-state index in [1.165, 1.54) is 23.9 Å². The average Bonchev–Trinajstić information content (AvgIpc) is 2.97. The maximum atomic E-state index is 13.5. The second kappa shape index (κ2) is 10.4. The van der Waals surface area contributed by atoms with Gasteiger partial charge in [0.1, 0.15) is 5.82 Å². The molecule has 0 aromatic heterocycles. The molecule has 4 nitrogen and oxygen atoms in total. The Bertz CT molecular complexity index is 1250. The third-order valence-electron chi connectivity index (χ3n) is 5.31. The van der Waals surface area contributed by atoms with Gasteiger partial charge in [-0.15, -0.1) is 23.5 Å². The van der Waals surface area contributed by atoms with Crippen molar-refractivity contribution in [3.63, 3.8) is 0 Å². The number of nitrogens with zero attached hydrogens (tertiary/aromatic N) is 2. The molecule has 33 heavy (non-hydrogen) atoms. The number of rotatable bonds is 5. The van der Waals surface area contributed by atoms with E-state index < -0.39 is 0 Å². The van der Waals surface area contributed by atoms with Crippen molar-refractivity contribution in [1.29, 1.82) is 0 Å². The van der Waals surface area contributed by atoms with Crippen LogP contribution >= 0.6 is 23.5 Å². The molecule has 1 heterocycles. The molecule has 0 radical (unpaired) electrons. The van der Waals surface area contributed by atoms with Crippen molar-refractivity contribution in [2.45, 2.75) is 25.2 Å². The quantitative estimate of drug-likeness (QED) is 0.399. The lowest BCUT2D eigenvalue weighted by atomic mass is 10.1. The number of carbonyl (C=O) groups is 1. The smallest absolute Gasteiger partial charge is 0.234 e. The van der Waals surface area contributed by atoms with Gasteiger partial charge in [0.15, 0.2) is 0 Å². The Labute approximate surface area is 201 Å².